The van der Waals surface area contributed by atoms with Crippen LogP contribution >= 0.6 is 0 Å². The van der Waals surface area contributed by atoms with Crippen molar-refractivity contribution in [2.75, 3.05) is 22.5 Å². The second-order valence-electron chi connectivity index (χ2n) is 11.4. The fourth-order valence-electron chi connectivity index (χ4n) is 5.83. The zero-order valence-corrected chi connectivity index (χ0v) is 25.3. The van der Waals surface area contributed by atoms with Crippen LogP contribution in [0.25, 0.3) is 17.0 Å². The Bertz CT molecular complexity index is 2460. The van der Waals surface area contributed by atoms with Gasteiger partial charge in [0.05, 0.1) is 6.04 Å². The van der Waals surface area contributed by atoms with Crippen LogP contribution in [0, 0.1) is 5.82 Å². The van der Waals surface area contributed by atoms with Gasteiger partial charge in [0.15, 0.2) is 17.3 Å². The molecule has 0 saturated carbocycles. The predicted octanol–water partition coefficient (Wildman–Crippen LogP) is 0.514. The number of aromatic nitrogens is 5. The zero-order valence-electron chi connectivity index (χ0n) is 25.3. The van der Waals surface area contributed by atoms with Crippen LogP contribution in [0.1, 0.15) is 55.7 Å². The summed E-state index contributed by atoms with van der Waals surface area (Å²) in [6, 6.07) is 10.5. The molecule has 1 aliphatic carbocycles. The molecular formula is C31H26FN11O6. The normalized spacial score (nSPS) is 13.9. The molecule has 3 heterocycles. The summed E-state index contributed by atoms with van der Waals surface area (Å²) in [5, 5.41) is 12.1. The highest BCUT2D eigenvalue weighted by molar-refractivity contribution is 5.99. The standard InChI is InChI=1S/C31H26FN11O6/c32-17-5-1-12(7-15(17)11-36-22-21(33)23(44)24(22)45)10-37-29(47)20-9-19(38-27-25(34)40-30(35)43(20)27)28(46)39-18-6-3-13-8-14(2-4-16(13)18)26-41-31(48)49-42-26/h1-2,4-5,7-9,18,36H,3,6,10-11,33-34H2,(H2,35,40)(H,37,47)(H,39,46)(H,41,42,48)/t18-/m0/s1. The Hall–Kier alpha value is -6.85. The Kier molecular flexibility index (Phi) is 7.38. The minimum atomic E-state index is -0.798. The molecule has 0 bridgehead atoms. The van der Waals surface area contributed by atoms with Crippen LogP contribution in [-0.4, -0.2) is 36.3 Å². The van der Waals surface area contributed by atoms with Crippen LogP contribution in [0.2, 0.25) is 0 Å². The van der Waals surface area contributed by atoms with Crippen molar-refractivity contribution in [3.63, 3.8) is 0 Å². The molecule has 18 heteroatoms. The Morgan fingerprint density at radius 3 is 2.57 bits per heavy atom. The summed E-state index contributed by atoms with van der Waals surface area (Å²) >= 11 is 0. The summed E-state index contributed by atoms with van der Waals surface area (Å²) in [7, 11) is 0. The Balaban J connectivity index is 1.09. The lowest BCUT2D eigenvalue weighted by Crippen LogP contribution is -2.37. The third kappa shape index (κ3) is 5.49. The van der Waals surface area contributed by atoms with Gasteiger partial charge in [0.2, 0.25) is 5.95 Å². The molecule has 0 aliphatic heterocycles. The number of halogens is 1. The summed E-state index contributed by atoms with van der Waals surface area (Å²) in [5.41, 5.74) is 18.7. The van der Waals surface area contributed by atoms with Crippen LogP contribution in [-0.2, 0) is 19.5 Å². The first-order valence-electron chi connectivity index (χ1n) is 14.8. The van der Waals surface area contributed by atoms with E-state index in [1.54, 1.807) is 6.07 Å². The topological polar surface area (TPSA) is 272 Å². The second kappa shape index (κ2) is 11.7. The number of carbonyl (C=O) groups is 2. The lowest BCUT2D eigenvalue weighted by molar-refractivity contribution is 0.0931. The van der Waals surface area contributed by atoms with Crippen LogP contribution in [0.4, 0.5) is 27.5 Å². The number of aromatic amines is 1. The fourth-order valence-corrected chi connectivity index (χ4v) is 5.83. The predicted molar refractivity (Wildman–Crippen MR) is 174 cm³/mol. The number of hydrogen-bond donors (Lipinski definition) is 7. The van der Waals surface area contributed by atoms with Crippen molar-refractivity contribution in [1.82, 2.24) is 35.1 Å². The van der Waals surface area contributed by atoms with E-state index < -0.39 is 34.2 Å². The molecule has 0 saturated heterocycles. The lowest BCUT2D eigenvalue weighted by atomic mass is 10.0. The van der Waals surface area contributed by atoms with E-state index in [2.05, 4.69) is 40.6 Å². The minimum Gasteiger partial charge on any atom is -0.394 e. The quantitative estimate of drug-likeness (QED) is 0.104. The summed E-state index contributed by atoms with van der Waals surface area (Å²) in [5.74, 6) is -2.40. The van der Waals surface area contributed by atoms with Crippen LogP contribution in [0.5, 0.6) is 0 Å². The number of nitrogens with zero attached hydrogens (tertiary/aromatic N) is 4. The van der Waals surface area contributed by atoms with Gasteiger partial charge < -0.3 is 33.2 Å². The number of hydrogen-bond acceptors (Lipinski definition) is 13. The number of imidazole rings is 1. The summed E-state index contributed by atoms with van der Waals surface area (Å²) in [4.78, 5) is 72.3. The van der Waals surface area contributed by atoms with E-state index in [1.807, 2.05) is 12.1 Å². The number of rotatable bonds is 9. The number of aryl methyl sites for hydroxylation is 1. The van der Waals surface area contributed by atoms with Gasteiger partial charge in [-0.3, -0.25) is 33.1 Å². The minimum absolute atomic E-state index is 0.00103. The molecule has 0 unspecified atom stereocenters. The number of anilines is 4. The molecular weight excluding hydrogens is 641 g/mol. The molecule has 7 rings (SSSR count). The molecule has 10 N–H and O–H groups in total. The average Bonchev–Trinajstić information content (AvgIpc) is 3.80. The van der Waals surface area contributed by atoms with Crippen molar-refractivity contribution in [2.45, 2.75) is 32.0 Å². The zero-order chi connectivity index (χ0) is 34.6. The highest BCUT2D eigenvalue weighted by Crippen LogP contribution is 2.34. The number of fused-ring (bicyclic) bond motifs is 2. The Morgan fingerprint density at radius 1 is 1.00 bits per heavy atom. The number of nitrogens with two attached hydrogens (primary N) is 3. The maximum Gasteiger partial charge on any atom is 0.439 e. The van der Waals surface area contributed by atoms with Gasteiger partial charge >= 0.3 is 5.76 Å². The number of amides is 2. The van der Waals surface area contributed by atoms with E-state index in [0.717, 1.165) is 11.1 Å². The Morgan fingerprint density at radius 2 is 1.82 bits per heavy atom. The smallest absolute Gasteiger partial charge is 0.394 e. The first-order valence-corrected chi connectivity index (χ1v) is 14.8. The van der Waals surface area contributed by atoms with Gasteiger partial charge in [-0.25, -0.2) is 14.2 Å². The van der Waals surface area contributed by atoms with Gasteiger partial charge in [-0.05, 0) is 53.8 Å². The molecule has 6 aromatic rings. The molecule has 1 aliphatic rings. The molecule has 49 heavy (non-hydrogen) atoms. The van der Waals surface area contributed by atoms with Gasteiger partial charge in [-0.15, -0.1) is 0 Å². The molecule has 248 valence electrons. The average molecular weight is 668 g/mol. The highest BCUT2D eigenvalue weighted by Gasteiger charge is 2.27. The van der Waals surface area contributed by atoms with Crippen molar-refractivity contribution in [2.24, 2.45) is 0 Å². The van der Waals surface area contributed by atoms with E-state index in [4.69, 9.17) is 17.2 Å². The largest absolute Gasteiger partial charge is 0.439 e. The van der Waals surface area contributed by atoms with E-state index in [1.165, 1.54) is 28.7 Å². The van der Waals surface area contributed by atoms with Crippen molar-refractivity contribution in [3.05, 3.63) is 113 Å². The van der Waals surface area contributed by atoms with Crippen molar-refractivity contribution in [1.29, 1.82) is 0 Å². The number of H-pyrrole nitrogens is 1. The van der Waals surface area contributed by atoms with E-state index in [0.29, 0.717) is 29.8 Å². The first kappa shape index (κ1) is 30.8. The maximum absolute atomic E-state index is 14.5. The molecule has 2 amide bonds. The fraction of sp³-hybridized carbons (Fsp3) is 0.161. The number of nitrogen functional groups attached to an aromatic ring is 3. The highest BCUT2D eigenvalue weighted by atomic mass is 19.1. The number of nitrogens with one attached hydrogen (secondary N) is 4. The first-order chi connectivity index (χ1) is 23.5. The molecule has 1 atom stereocenters. The van der Waals surface area contributed by atoms with Gasteiger partial charge in [0.1, 0.15) is 28.6 Å². The monoisotopic (exact) mass is 667 g/mol. The number of carbonyl (C=O) groups excluding carboxylic acids is 2. The second-order valence-corrected chi connectivity index (χ2v) is 11.4. The van der Waals surface area contributed by atoms with E-state index in [-0.39, 0.29) is 64.9 Å². The van der Waals surface area contributed by atoms with Gasteiger partial charge in [0.25, 0.3) is 22.7 Å². The van der Waals surface area contributed by atoms with E-state index in [9.17, 15) is 28.4 Å². The van der Waals surface area contributed by atoms with Crippen LogP contribution in [0.3, 0.4) is 0 Å². The van der Waals surface area contributed by atoms with Gasteiger partial charge in [-0.2, -0.15) is 4.98 Å². The summed E-state index contributed by atoms with van der Waals surface area (Å²) < 4.78 is 20.3. The molecule has 17 nitrogen and oxygen atoms in total. The Labute approximate surface area is 273 Å². The lowest BCUT2D eigenvalue weighted by Gasteiger charge is -2.15. The molecule has 0 radical (unpaired) electrons. The van der Waals surface area contributed by atoms with Gasteiger partial charge in [0, 0.05) is 24.2 Å². The van der Waals surface area contributed by atoms with Gasteiger partial charge in [-0.1, -0.05) is 23.4 Å². The van der Waals surface area contributed by atoms with Crippen LogP contribution < -0.4 is 49.8 Å². The SMILES string of the molecule is Nc1c(NCc2cc(CNC(=O)c3cc(C(=O)N[C@H]4CCc5cc(-c6noc(=O)[nH]6)ccc54)nc4c(N)nc(N)n34)ccc2F)c(=O)c1=O. The molecule has 3 aromatic heterocycles. The molecule has 3 aromatic carbocycles. The van der Waals surface area contributed by atoms with E-state index >= 15 is 0 Å². The van der Waals surface area contributed by atoms with Crippen molar-refractivity contribution >= 4 is 40.6 Å². The van der Waals surface area contributed by atoms with Crippen molar-refractivity contribution < 1.29 is 18.5 Å². The maximum atomic E-state index is 14.5. The van der Waals surface area contributed by atoms with Crippen molar-refractivity contribution in [3.8, 4) is 11.4 Å². The molecule has 0 spiro atoms. The molecule has 0 fully saturated rings. The third-order valence-electron chi connectivity index (χ3n) is 8.32. The third-order valence-corrected chi connectivity index (χ3v) is 8.32. The van der Waals surface area contributed by atoms with Crippen LogP contribution in [0.15, 0.2) is 61.4 Å². The summed E-state index contributed by atoms with van der Waals surface area (Å²) in [6.45, 7) is -0.195. The summed E-state index contributed by atoms with van der Waals surface area (Å²) in [6.07, 6.45) is 1.24. The number of benzene rings is 2.